The van der Waals surface area contributed by atoms with Gasteiger partial charge in [0.05, 0.1) is 24.7 Å². The van der Waals surface area contributed by atoms with Crippen LogP contribution in [0.1, 0.15) is 56.6 Å². The van der Waals surface area contributed by atoms with Crippen LogP contribution < -0.4 is 4.74 Å². The van der Waals surface area contributed by atoms with E-state index >= 15 is 0 Å². The zero-order valence-electron chi connectivity index (χ0n) is 19.3. The fourth-order valence-corrected chi connectivity index (χ4v) is 5.99. The quantitative estimate of drug-likeness (QED) is 0.460. The minimum atomic E-state index is -0.781. The number of ether oxygens (including phenoxy) is 2. The normalized spacial score (nSPS) is 31.1. The first kappa shape index (κ1) is 24.0. The summed E-state index contributed by atoms with van der Waals surface area (Å²) in [7, 11) is 0. The Kier molecular flexibility index (Phi) is 7.59. The number of aliphatic hydroxyl groups excluding tert-OH is 2. The zero-order valence-corrected chi connectivity index (χ0v) is 19.3. The molecule has 0 saturated heterocycles. The summed E-state index contributed by atoms with van der Waals surface area (Å²) in [5.41, 5.74) is 2.34. The van der Waals surface area contributed by atoms with Crippen LogP contribution in [0.2, 0.25) is 0 Å². The molecule has 0 unspecified atom stereocenters. The Morgan fingerprint density at radius 2 is 1.97 bits per heavy atom. The zero-order chi connectivity index (χ0) is 23.5. The molecule has 3 aliphatic rings. The molecule has 7 nitrogen and oxygen atoms in total. The van der Waals surface area contributed by atoms with Crippen LogP contribution in [0.15, 0.2) is 18.2 Å². The second-order valence-electron chi connectivity index (χ2n) is 10.2. The molecular formula is C26H36O7. The van der Waals surface area contributed by atoms with Gasteiger partial charge in [0, 0.05) is 0 Å². The first-order valence-electron chi connectivity index (χ1n) is 12.3. The molecule has 3 aliphatic carbocycles. The van der Waals surface area contributed by atoms with Crippen LogP contribution in [0.5, 0.6) is 5.75 Å². The predicted molar refractivity (Wildman–Crippen MR) is 121 cm³/mol. The molecule has 33 heavy (non-hydrogen) atoms. The second-order valence-corrected chi connectivity index (χ2v) is 10.2. The van der Waals surface area contributed by atoms with Crippen molar-refractivity contribution in [3.63, 3.8) is 0 Å². The van der Waals surface area contributed by atoms with Crippen molar-refractivity contribution < 1.29 is 34.4 Å². The molecule has 0 radical (unpaired) electrons. The summed E-state index contributed by atoms with van der Waals surface area (Å²) < 4.78 is 11.1. The lowest BCUT2D eigenvalue weighted by Crippen LogP contribution is -2.34. The van der Waals surface area contributed by atoms with Gasteiger partial charge >= 0.3 is 11.9 Å². The van der Waals surface area contributed by atoms with E-state index in [4.69, 9.17) is 14.6 Å². The van der Waals surface area contributed by atoms with E-state index < -0.39 is 11.9 Å². The monoisotopic (exact) mass is 460 g/mol. The summed E-state index contributed by atoms with van der Waals surface area (Å²) in [6, 6.07) is 5.94. The van der Waals surface area contributed by atoms with Crippen molar-refractivity contribution in [1.82, 2.24) is 0 Å². The molecule has 4 rings (SSSR count). The van der Waals surface area contributed by atoms with Gasteiger partial charge in [-0.2, -0.15) is 0 Å². The summed E-state index contributed by atoms with van der Waals surface area (Å²) in [5, 5.41) is 29.6. The number of aliphatic carboxylic acids is 1. The highest BCUT2D eigenvalue weighted by atomic mass is 16.6. The molecule has 182 valence electrons. The van der Waals surface area contributed by atoms with Crippen molar-refractivity contribution in [3.8, 4) is 5.75 Å². The number of carbonyl (C=O) groups excluding carboxylic acids is 1. The van der Waals surface area contributed by atoms with Crippen LogP contribution in [0, 0.1) is 29.6 Å². The SMILES string of the molecule is CC[C@H](O)CC[C@@H]1[C@H]2Cc3cccc(OCC(=O)OCC4CC(C(=O)O)C4)c3C[C@H]2C[C@H]1O. The topological polar surface area (TPSA) is 113 Å². The summed E-state index contributed by atoms with van der Waals surface area (Å²) in [6.45, 7) is 2.06. The molecule has 0 heterocycles. The van der Waals surface area contributed by atoms with Crippen molar-refractivity contribution in [3.05, 3.63) is 29.3 Å². The van der Waals surface area contributed by atoms with Gasteiger partial charge in [-0.05, 0) is 92.2 Å². The molecule has 1 aromatic rings. The molecule has 1 aromatic carbocycles. The van der Waals surface area contributed by atoms with Crippen molar-refractivity contribution in [1.29, 1.82) is 0 Å². The minimum absolute atomic E-state index is 0.122. The smallest absolute Gasteiger partial charge is 0.344 e. The van der Waals surface area contributed by atoms with Crippen molar-refractivity contribution in [2.24, 2.45) is 29.6 Å². The van der Waals surface area contributed by atoms with E-state index in [2.05, 4.69) is 6.07 Å². The summed E-state index contributed by atoms with van der Waals surface area (Å²) >= 11 is 0. The minimum Gasteiger partial charge on any atom is -0.482 e. The number of aliphatic hydroxyl groups is 2. The van der Waals surface area contributed by atoms with E-state index in [1.165, 1.54) is 5.56 Å². The van der Waals surface area contributed by atoms with Crippen LogP contribution in [-0.2, 0) is 27.2 Å². The van der Waals surface area contributed by atoms with Crippen LogP contribution in [0.3, 0.4) is 0 Å². The number of rotatable bonds is 10. The van der Waals surface area contributed by atoms with Gasteiger partial charge in [0.1, 0.15) is 5.75 Å². The molecule has 2 fully saturated rings. The first-order valence-corrected chi connectivity index (χ1v) is 12.3. The van der Waals surface area contributed by atoms with Crippen molar-refractivity contribution in [2.45, 2.75) is 70.5 Å². The maximum atomic E-state index is 12.1. The average molecular weight is 461 g/mol. The summed E-state index contributed by atoms with van der Waals surface area (Å²) in [4.78, 5) is 23.0. The van der Waals surface area contributed by atoms with Gasteiger partial charge in [0.15, 0.2) is 6.61 Å². The fourth-order valence-electron chi connectivity index (χ4n) is 5.99. The van der Waals surface area contributed by atoms with E-state index in [0.717, 1.165) is 44.1 Å². The third kappa shape index (κ3) is 5.52. The van der Waals surface area contributed by atoms with E-state index in [1.807, 2.05) is 19.1 Å². The number of hydrogen-bond donors (Lipinski definition) is 3. The molecule has 0 bridgehead atoms. The lowest BCUT2D eigenvalue weighted by atomic mass is 9.73. The number of hydrogen-bond acceptors (Lipinski definition) is 6. The molecule has 0 aliphatic heterocycles. The molecule has 7 heteroatoms. The third-order valence-corrected chi connectivity index (χ3v) is 8.06. The Morgan fingerprint density at radius 3 is 2.70 bits per heavy atom. The molecule has 5 atom stereocenters. The molecule has 3 N–H and O–H groups in total. The maximum Gasteiger partial charge on any atom is 0.344 e. The van der Waals surface area contributed by atoms with E-state index in [1.54, 1.807) is 0 Å². The van der Waals surface area contributed by atoms with E-state index in [-0.39, 0.29) is 43.2 Å². The summed E-state index contributed by atoms with van der Waals surface area (Å²) in [5.74, 6) is 0.310. The lowest BCUT2D eigenvalue weighted by molar-refractivity contribution is -0.152. The summed E-state index contributed by atoms with van der Waals surface area (Å²) in [6.07, 6.45) is 5.30. The molecule has 0 aromatic heterocycles. The van der Waals surface area contributed by atoms with Gasteiger partial charge in [0.25, 0.3) is 0 Å². The standard InChI is InChI=1S/C26H36O7/c1-2-19(27)6-7-20-21-10-16-4-3-5-24(22(16)11-17(21)12-23(20)28)32-14-25(29)33-13-15-8-18(9-15)26(30)31/h3-5,15,17-21,23,27-28H,2,6-14H2,1H3,(H,30,31)/t15?,17-,18?,19-,20+,21-,23+/m0/s1. The Labute approximate surface area is 195 Å². The van der Waals surface area contributed by atoms with Gasteiger partial charge in [-0.1, -0.05) is 19.1 Å². The number of esters is 1. The molecule has 0 spiro atoms. The predicted octanol–water partition coefficient (Wildman–Crippen LogP) is 2.98. The maximum absolute atomic E-state index is 12.1. The number of benzene rings is 1. The van der Waals surface area contributed by atoms with Crippen molar-refractivity contribution >= 4 is 11.9 Å². The highest BCUT2D eigenvalue weighted by Crippen LogP contribution is 2.48. The van der Waals surface area contributed by atoms with Crippen LogP contribution >= 0.6 is 0 Å². The van der Waals surface area contributed by atoms with Crippen LogP contribution in [0.25, 0.3) is 0 Å². The Balaban J connectivity index is 1.30. The highest BCUT2D eigenvalue weighted by Gasteiger charge is 2.45. The van der Waals surface area contributed by atoms with E-state index in [0.29, 0.717) is 30.4 Å². The number of carbonyl (C=O) groups is 2. The van der Waals surface area contributed by atoms with Crippen LogP contribution in [0.4, 0.5) is 0 Å². The fraction of sp³-hybridized carbons (Fsp3) is 0.692. The third-order valence-electron chi connectivity index (χ3n) is 8.06. The second kappa shape index (κ2) is 10.4. The van der Waals surface area contributed by atoms with Gasteiger partial charge < -0.3 is 24.8 Å². The highest BCUT2D eigenvalue weighted by molar-refractivity contribution is 5.72. The first-order chi connectivity index (χ1) is 15.9. The van der Waals surface area contributed by atoms with Gasteiger partial charge in [-0.25, -0.2) is 4.79 Å². The molecule has 2 saturated carbocycles. The van der Waals surface area contributed by atoms with E-state index in [9.17, 15) is 19.8 Å². The van der Waals surface area contributed by atoms with Gasteiger partial charge in [0.2, 0.25) is 0 Å². The van der Waals surface area contributed by atoms with Crippen molar-refractivity contribution in [2.75, 3.05) is 13.2 Å². The molecule has 0 amide bonds. The Hall–Kier alpha value is -2.12. The van der Waals surface area contributed by atoms with Gasteiger partial charge in [-0.15, -0.1) is 0 Å². The number of carboxylic acid groups (broad SMARTS) is 1. The largest absolute Gasteiger partial charge is 0.482 e. The Bertz CT molecular complexity index is 847. The Morgan fingerprint density at radius 1 is 1.18 bits per heavy atom. The number of carboxylic acids is 1. The lowest BCUT2D eigenvalue weighted by Gasteiger charge is -2.32. The average Bonchev–Trinajstić information content (AvgIpc) is 3.06. The molecular weight excluding hydrogens is 424 g/mol. The number of fused-ring (bicyclic) bond motifs is 2. The van der Waals surface area contributed by atoms with Crippen LogP contribution in [-0.4, -0.2) is 52.7 Å². The van der Waals surface area contributed by atoms with Gasteiger partial charge in [-0.3, -0.25) is 4.79 Å².